The third kappa shape index (κ3) is 6.81. The van der Waals surface area contributed by atoms with Crippen molar-refractivity contribution in [3.63, 3.8) is 0 Å². The highest BCUT2D eigenvalue weighted by Gasteiger charge is 2.27. The number of likely N-dealkylation sites (tertiary alicyclic amines) is 1. The van der Waals surface area contributed by atoms with E-state index in [0.29, 0.717) is 6.04 Å². The van der Waals surface area contributed by atoms with Crippen molar-refractivity contribution in [2.45, 2.75) is 71.4 Å². The molecule has 4 nitrogen and oxygen atoms in total. The lowest BCUT2D eigenvalue weighted by Gasteiger charge is -2.34. The highest BCUT2D eigenvalue weighted by atomic mass is 16.6. The van der Waals surface area contributed by atoms with Gasteiger partial charge in [0, 0.05) is 19.1 Å². The molecule has 4 heteroatoms. The standard InChI is InChI=1S/C15H30N2O2/c1-5-6-7-10-16-13-9-8-11-17(12-13)14(18)19-15(2,3)4/h13,16H,5-12H2,1-4H3/t13-/m1/s1. The first-order chi connectivity index (χ1) is 8.92. The zero-order chi connectivity index (χ0) is 14.3. The molecule has 112 valence electrons. The Morgan fingerprint density at radius 3 is 2.74 bits per heavy atom. The number of rotatable bonds is 5. The molecule has 1 atom stereocenters. The van der Waals surface area contributed by atoms with Crippen LogP contribution in [0.2, 0.25) is 0 Å². The van der Waals surface area contributed by atoms with E-state index in [1.54, 1.807) is 0 Å². The molecule has 1 heterocycles. The van der Waals surface area contributed by atoms with Crippen LogP contribution in [0.3, 0.4) is 0 Å². The Balaban J connectivity index is 2.31. The molecule has 0 unspecified atom stereocenters. The molecule has 0 radical (unpaired) electrons. The number of carbonyl (C=O) groups is 1. The lowest BCUT2D eigenvalue weighted by molar-refractivity contribution is 0.0187. The molecular formula is C15H30N2O2. The monoisotopic (exact) mass is 270 g/mol. The number of nitrogens with zero attached hydrogens (tertiary/aromatic N) is 1. The molecule has 0 bridgehead atoms. The molecule has 1 aliphatic rings. The fraction of sp³-hybridized carbons (Fsp3) is 0.933. The minimum absolute atomic E-state index is 0.174. The summed E-state index contributed by atoms with van der Waals surface area (Å²) in [5.74, 6) is 0. The number of piperidine rings is 1. The quantitative estimate of drug-likeness (QED) is 0.780. The topological polar surface area (TPSA) is 41.6 Å². The molecule has 0 aromatic rings. The van der Waals surface area contributed by atoms with E-state index in [4.69, 9.17) is 4.74 Å². The molecule has 1 N–H and O–H groups in total. The minimum Gasteiger partial charge on any atom is -0.444 e. The molecule has 0 aromatic heterocycles. The second kappa shape index (κ2) is 7.73. The first kappa shape index (κ1) is 16.3. The number of ether oxygens (including phenoxy) is 1. The van der Waals surface area contributed by atoms with E-state index in [-0.39, 0.29) is 6.09 Å². The van der Waals surface area contributed by atoms with Crippen LogP contribution in [0, 0.1) is 0 Å². The first-order valence-corrected chi connectivity index (χ1v) is 7.63. The van der Waals surface area contributed by atoms with Gasteiger partial charge in [0.1, 0.15) is 5.60 Å². The Labute approximate surface area is 117 Å². The summed E-state index contributed by atoms with van der Waals surface area (Å²) in [5, 5.41) is 3.55. The molecule has 1 fully saturated rings. The number of amides is 1. The summed E-state index contributed by atoms with van der Waals surface area (Å²) in [4.78, 5) is 13.9. The Hall–Kier alpha value is -0.770. The van der Waals surface area contributed by atoms with E-state index in [2.05, 4.69) is 12.2 Å². The predicted octanol–water partition coefficient (Wildman–Crippen LogP) is 3.17. The van der Waals surface area contributed by atoms with Crippen molar-refractivity contribution < 1.29 is 9.53 Å². The van der Waals surface area contributed by atoms with Gasteiger partial charge in [-0.15, -0.1) is 0 Å². The van der Waals surface area contributed by atoms with Gasteiger partial charge in [0.15, 0.2) is 0 Å². The van der Waals surface area contributed by atoms with Crippen molar-refractivity contribution in [1.82, 2.24) is 10.2 Å². The third-order valence-electron chi connectivity index (χ3n) is 3.29. The normalized spacial score (nSPS) is 20.4. The zero-order valence-corrected chi connectivity index (χ0v) is 13.0. The van der Waals surface area contributed by atoms with Crippen LogP contribution in [0.15, 0.2) is 0 Å². The van der Waals surface area contributed by atoms with Gasteiger partial charge in [-0.1, -0.05) is 19.8 Å². The van der Waals surface area contributed by atoms with Crippen LogP contribution in [0.5, 0.6) is 0 Å². The molecule has 0 aliphatic carbocycles. The summed E-state index contributed by atoms with van der Waals surface area (Å²) in [5.41, 5.74) is -0.404. The zero-order valence-electron chi connectivity index (χ0n) is 13.0. The predicted molar refractivity (Wildman–Crippen MR) is 78.4 cm³/mol. The van der Waals surface area contributed by atoms with E-state index in [1.807, 2.05) is 25.7 Å². The number of hydrogen-bond donors (Lipinski definition) is 1. The summed E-state index contributed by atoms with van der Waals surface area (Å²) in [6, 6.07) is 0.429. The van der Waals surface area contributed by atoms with E-state index in [1.165, 1.54) is 19.3 Å². The van der Waals surface area contributed by atoms with E-state index in [9.17, 15) is 4.79 Å². The van der Waals surface area contributed by atoms with E-state index in [0.717, 1.165) is 32.5 Å². The van der Waals surface area contributed by atoms with E-state index >= 15 is 0 Å². The maximum absolute atomic E-state index is 12.0. The van der Waals surface area contributed by atoms with Crippen LogP contribution >= 0.6 is 0 Å². The van der Waals surface area contributed by atoms with Crippen molar-refractivity contribution in [2.24, 2.45) is 0 Å². The van der Waals surface area contributed by atoms with Crippen LogP contribution in [-0.4, -0.2) is 42.3 Å². The van der Waals surface area contributed by atoms with Crippen LogP contribution in [0.1, 0.15) is 59.8 Å². The third-order valence-corrected chi connectivity index (χ3v) is 3.29. The van der Waals surface area contributed by atoms with Gasteiger partial charge < -0.3 is 15.0 Å². The summed E-state index contributed by atoms with van der Waals surface area (Å²) in [7, 11) is 0. The Morgan fingerprint density at radius 1 is 1.37 bits per heavy atom. The molecule has 1 saturated heterocycles. The molecule has 1 aliphatic heterocycles. The van der Waals surface area contributed by atoms with Crippen LogP contribution < -0.4 is 5.32 Å². The van der Waals surface area contributed by atoms with Gasteiger partial charge in [0.25, 0.3) is 0 Å². The van der Waals surface area contributed by atoms with E-state index < -0.39 is 5.60 Å². The van der Waals surface area contributed by atoms with Gasteiger partial charge in [-0.25, -0.2) is 4.79 Å². The van der Waals surface area contributed by atoms with Crippen LogP contribution in [0.25, 0.3) is 0 Å². The molecule has 0 saturated carbocycles. The van der Waals surface area contributed by atoms with Crippen molar-refractivity contribution in [3.8, 4) is 0 Å². The molecular weight excluding hydrogens is 240 g/mol. The number of hydrogen-bond acceptors (Lipinski definition) is 3. The Bertz CT molecular complexity index is 274. The number of carbonyl (C=O) groups excluding carboxylic acids is 1. The second-order valence-corrected chi connectivity index (χ2v) is 6.43. The van der Waals surface area contributed by atoms with Gasteiger partial charge in [-0.2, -0.15) is 0 Å². The first-order valence-electron chi connectivity index (χ1n) is 7.63. The fourth-order valence-electron chi connectivity index (χ4n) is 2.32. The van der Waals surface area contributed by atoms with Gasteiger partial charge >= 0.3 is 6.09 Å². The average molecular weight is 270 g/mol. The van der Waals surface area contributed by atoms with Crippen molar-refractivity contribution in [1.29, 1.82) is 0 Å². The highest BCUT2D eigenvalue weighted by Crippen LogP contribution is 2.15. The van der Waals surface area contributed by atoms with Crippen molar-refractivity contribution in [3.05, 3.63) is 0 Å². The van der Waals surface area contributed by atoms with Gasteiger partial charge in [0.2, 0.25) is 0 Å². The van der Waals surface area contributed by atoms with Crippen molar-refractivity contribution in [2.75, 3.05) is 19.6 Å². The van der Waals surface area contributed by atoms with Crippen LogP contribution in [0.4, 0.5) is 4.79 Å². The number of unbranched alkanes of at least 4 members (excludes halogenated alkanes) is 2. The molecule has 1 rings (SSSR count). The Kier molecular flexibility index (Phi) is 6.63. The smallest absolute Gasteiger partial charge is 0.410 e. The molecule has 0 spiro atoms. The second-order valence-electron chi connectivity index (χ2n) is 6.43. The summed E-state index contributed by atoms with van der Waals surface area (Å²) in [6.45, 7) is 10.6. The van der Waals surface area contributed by atoms with Gasteiger partial charge in [-0.05, 0) is 46.6 Å². The molecule has 19 heavy (non-hydrogen) atoms. The van der Waals surface area contributed by atoms with Gasteiger partial charge in [-0.3, -0.25) is 0 Å². The minimum atomic E-state index is -0.404. The SMILES string of the molecule is CCCCCN[C@@H]1CCCN(C(=O)OC(C)(C)C)C1. The average Bonchev–Trinajstić information content (AvgIpc) is 2.33. The summed E-state index contributed by atoms with van der Waals surface area (Å²) in [6.07, 6.45) is 5.79. The summed E-state index contributed by atoms with van der Waals surface area (Å²) < 4.78 is 5.43. The summed E-state index contributed by atoms with van der Waals surface area (Å²) >= 11 is 0. The van der Waals surface area contributed by atoms with Crippen molar-refractivity contribution >= 4 is 6.09 Å². The fourth-order valence-corrected chi connectivity index (χ4v) is 2.32. The highest BCUT2D eigenvalue weighted by molar-refractivity contribution is 5.68. The molecule has 0 aromatic carbocycles. The van der Waals surface area contributed by atoms with Gasteiger partial charge in [0.05, 0.1) is 0 Å². The Morgan fingerprint density at radius 2 is 2.11 bits per heavy atom. The molecule has 1 amide bonds. The lowest BCUT2D eigenvalue weighted by Crippen LogP contribution is -2.49. The van der Waals surface area contributed by atoms with Crippen LogP contribution in [-0.2, 0) is 4.74 Å². The largest absolute Gasteiger partial charge is 0.444 e. The number of nitrogens with one attached hydrogen (secondary N) is 1. The lowest BCUT2D eigenvalue weighted by atomic mass is 10.1. The maximum atomic E-state index is 12.0. The maximum Gasteiger partial charge on any atom is 0.410 e.